The van der Waals surface area contributed by atoms with E-state index in [9.17, 15) is 9.13 Å². The summed E-state index contributed by atoms with van der Waals surface area (Å²) >= 11 is 0. The molecule has 0 spiro atoms. The van der Waals surface area contributed by atoms with Crippen LogP contribution in [0.3, 0.4) is 0 Å². The van der Waals surface area contributed by atoms with E-state index < -0.39 is 21.1 Å². The zero-order chi connectivity index (χ0) is 7.71. The zero-order valence-electron chi connectivity index (χ0n) is 6.21. The van der Waals surface area contributed by atoms with Crippen LogP contribution in [0.2, 0.25) is 0 Å². The molecule has 0 heterocycles. The van der Waals surface area contributed by atoms with Gasteiger partial charge in [-0.25, -0.2) is 0 Å². The second-order valence-corrected chi connectivity index (χ2v) is 5.26. The fraction of sp³-hybridized carbons (Fsp3) is 1.00. The van der Waals surface area contributed by atoms with E-state index in [-0.39, 0.29) is 31.0 Å². The maximum Gasteiger partial charge on any atom is 1.00 e. The van der Waals surface area contributed by atoms with Crippen molar-refractivity contribution >= 4 is 15.2 Å². The molecule has 0 atom stereocenters. The van der Waals surface area contributed by atoms with Gasteiger partial charge in [-0.2, -0.15) is 0 Å². The first-order valence-corrected chi connectivity index (χ1v) is 5.39. The van der Waals surface area contributed by atoms with E-state index in [0.29, 0.717) is 0 Å². The number of rotatable bonds is 2. The van der Waals surface area contributed by atoms with Crippen LogP contribution in [-0.2, 0) is 9.13 Å². The molecule has 0 amide bonds. The Kier molecular flexibility index (Phi) is 6.04. The van der Waals surface area contributed by atoms with Gasteiger partial charge < -0.3 is 21.0 Å². The smallest absolute Gasteiger partial charge is 1.00 e. The van der Waals surface area contributed by atoms with E-state index in [4.69, 9.17) is 19.6 Å². The fourth-order valence-electron chi connectivity index (χ4n) is 0.240. The molecule has 0 aromatic rings. The van der Waals surface area contributed by atoms with Gasteiger partial charge in [0.25, 0.3) is 0 Å². The van der Waals surface area contributed by atoms with E-state index in [1.54, 1.807) is 0 Å². The summed E-state index contributed by atoms with van der Waals surface area (Å²) in [5, 5.41) is 0. The molecule has 0 aliphatic carbocycles. The fourth-order valence-corrected chi connectivity index (χ4v) is 2.16. The summed E-state index contributed by atoms with van der Waals surface area (Å²) in [7, 11) is -9.10. The Bertz CT molecular complexity index is 161. The molecule has 0 aromatic heterocycles. The van der Waals surface area contributed by atoms with Crippen molar-refractivity contribution in [2.24, 2.45) is 0 Å². The normalized spacial score (nSPS) is 12.4. The van der Waals surface area contributed by atoms with Crippen LogP contribution in [0.4, 0.5) is 0 Å². The van der Waals surface area contributed by atoms with Crippen molar-refractivity contribution in [1.29, 1.82) is 0 Å². The largest absolute Gasteiger partial charge is 1.00 e. The molecule has 6 nitrogen and oxygen atoms in total. The Hall–Kier alpha value is 1.30. The van der Waals surface area contributed by atoms with Gasteiger partial charge in [0.1, 0.15) is 0 Å². The second kappa shape index (κ2) is 4.36. The van der Waals surface area contributed by atoms with Crippen molar-refractivity contribution in [3.8, 4) is 0 Å². The maximum atomic E-state index is 9.85. The van der Waals surface area contributed by atoms with E-state index in [2.05, 4.69) is 0 Å². The van der Waals surface area contributed by atoms with Gasteiger partial charge in [0, 0.05) is 0 Å². The summed E-state index contributed by atoms with van der Waals surface area (Å²) in [4.78, 5) is 31.9. The van der Waals surface area contributed by atoms with Gasteiger partial charge in [-0.05, 0) is 0 Å². The SMILES string of the molecule is O=P(O)(O)CP(=O)(O)O.[H-].[Na+]. The molecule has 9 heteroatoms. The Morgan fingerprint density at radius 1 is 1.00 bits per heavy atom. The monoisotopic (exact) mass is 200 g/mol. The molecule has 0 aliphatic heterocycles. The molecule has 10 heavy (non-hydrogen) atoms. The van der Waals surface area contributed by atoms with Gasteiger partial charge in [-0.1, -0.05) is 0 Å². The van der Waals surface area contributed by atoms with Gasteiger partial charge in [-0.15, -0.1) is 0 Å². The average Bonchev–Trinajstić information content (AvgIpc) is 1.14. The first-order chi connectivity index (χ1) is 3.71. The van der Waals surface area contributed by atoms with Crippen molar-refractivity contribution < 1.29 is 59.7 Å². The van der Waals surface area contributed by atoms with Gasteiger partial charge in [0.05, 0.1) is 0 Å². The van der Waals surface area contributed by atoms with Crippen LogP contribution in [0.15, 0.2) is 0 Å². The van der Waals surface area contributed by atoms with E-state index in [1.807, 2.05) is 0 Å². The minimum Gasteiger partial charge on any atom is -1.00 e. The molecule has 0 aromatic carbocycles. The Morgan fingerprint density at radius 3 is 1.20 bits per heavy atom. The minimum absolute atomic E-state index is 0. The molecular weight excluding hydrogens is 193 g/mol. The third-order valence-electron chi connectivity index (χ3n) is 0.368. The molecule has 0 saturated heterocycles. The first kappa shape index (κ1) is 13.9. The summed E-state index contributed by atoms with van der Waals surface area (Å²) in [6.45, 7) is 0. The molecule has 58 valence electrons. The Balaban J connectivity index is -0.000000320. The first-order valence-electron chi connectivity index (χ1n) is 1.80. The van der Waals surface area contributed by atoms with Crippen molar-refractivity contribution in [3.63, 3.8) is 0 Å². The number of hydrogen-bond donors (Lipinski definition) is 4. The quantitative estimate of drug-likeness (QED) is 0.270. The molecule has 4 N–H and O–H groups in total. The predicted molar refractivity (Wildman–Crippen MR) is 30.1 cm³/mol. The molecule has 0 rings (SSSR count). The Labute approximate surface area is 80.7 Å². The standard InChI is InChI=1S/CH6O6P2.Na.H/c2-8(3,4)1-9(5,6)7;;/h1H2,(H2,2,3,4)(H2,5,6,7);;/q;+1;-1. The van der Waals surface area contributed by atoms with Gasteiger partial charge in [-0.3, -0.25) is 9.13 Å². The molecule has 0 unspecified atom stereocenters. The molecule has 0 bridgehead atoms. The van der Waals surface area contributed by atoms with Crippen LogP contribution in [0.25, 0.3) is 0 Å². The molecule has 0 fully saturated rings. The predicted octanol–water partition coefficient (Wildman–Crippen LogP) is -3.58. The van der Waals surface area contributed by atoms with E-state index >= 15 is 0 Å². The van der Waals surface area contributed by atoms with Crippen molar-refractivity contribution in [2.75, 3.05) is 5.90 Å². The van der Waals surface area contributed by atoms with Crippen LogP contribution >= 0.6 is 15.2 Å². The number of hydrogen-bond acceptors (Lipinski definition) is 2. The molecule has 0 aliphatic rings. The minimum atomic E-state index is -4.55. The van der Waals surface area contributed by atoms with E-state index in [0.717, 1.165) is 0 Å². The summed E-state index contributed by atoms with van der Waals surface area (Å²) in [6.07, 6.45) is 0. The van der Waals surface area contributed by atoms with Gasteiger partial charge in [0.2, 0.25) is 0 Å². The average molecular weight is 200 g/mol. The van der Waals surface area contributed by atoms with Crippen molar-refractivity contribution in [1.82, 2.24) is 0 Å². The molecular formula is CH7NaO6P2. The molecule has 0 saturated carbocycles. The maximum absolute atomic E-state index is 9.85. The third-order valence-corrected chi connectivity index (χ3v) is 3.32. The summed E-state index contributed by atoms with van der Waals surface area (Å²) < 4.78 is 19.7. The summed E-state index contributed by atoms with van der Waals surface area (Å²) in [6, 6.07) is 0. The van der Waals surface area contributed by atoms with Crippen molar-refractivity contribution in [2.45, 2.75) is 0 Å². The Morgan fingerprint density at radius 2 is 1.20 bits per heavy atom. The van der Waals surface area contributed by atoms with Crippen LogP contribution in [0, 0.1) is 0 Å². The van der Waals surface area contributed by atoms with Crippen LogP contribution < -0.4 is 29.6 Å². The van der Waals surface area contributed by atoms with Gasteiger partial charge in [0.15, 0.2) is 5.90 Å². The topological polar surface area (TPSA) is 115 Å². The van der Waals surface area contributed by atoms with Crippen molar-refractivity contribution in [3.05, 3.63) is 0 Å². The van der Waals surface area contributed by atoms with E-state index in [1.165, 1.54) is 0 Å². The summed E-state index contributed by atoms with van der Waals surface area (Å²) in [5.74, 6) is -1.38. The van der Waals surface area contributed by atoms with Crippen LogP contribution in [0.5, 0.6) is 0 Å². The molecule has 0 radical (unpaired) electrons. The second-order valence-electron chi connectivity index (χ2n) is 1.47. The summed E-state index contributed by atoms with van der Waals surface area (Å²) in [5.41, 5.74) is 0. The van der Waals surface area contributed by atoms with Crippen LogP contribution in [-0.4, -0.2) is 25.5 Å². The van der Waals surface area contributed by atoms with Gasteiger partial charge >= 0.3 is 44.7 Å². The van der Waals surface area contributed by atoms with Crippen LogP contribution in [0.1, 0.15) is 1.43 Å². The third kappa shape index (κ3) is 12.0. The zero-order valence-corrected chi connectivity index (χ0v) is 9.00.